The number of carboxylic acid groups (broad SMARTS) is 1. The van der Waals surface area contributed by atoms with Gasteiger partial charge in [-0.3, -0.25) is 9.59 Å². The van der Waals surface area contributed by atoms with E-state index in [0.717, 1.165) is 11.1 Å². The van der Waals surface area contributed by atoms with Crippen LogP contribution in [0, 0.1) is 0 Å². The van der Waals surface area contributed by atoms with Crippen LogP contribution in [0.3, 0.4) is 0 Å². The molecule has 4 heteroatoms. The number of benzene rings is 3. The maximum Gasteiger partial charge on any atom is 0.313 e. The van der Waals surface area contributed by atoms with E-state index in [1.807, 2.05) is 60.7 Å². The predicted octanol–water partition coefficient (Wildman–Crippen LogP) is 4.25. The van der Waals surface area contributed by atoms with E-state index in [1.165, 1.54) is 0 Å². The molecule has 0 aromatic heterocycles. The number of nitrogens with zero attached hydrogens (tertiary/aromatic N) is 1. The number of hydrogen-bond donors (Lipinski definition) is 1. The van der Waals surface area contributed by atoms with Crippen molar-refractivity contribution >= 4 is 11.9 Å². The molecule has 0 radical (unpaired) electrons. The number of carbonyl (C=O) groups excluding carboxylic acids is 1. The summed E-state index contributed by atoms with van der Waals surface area (Å²) in [7, 11) is 0. The second kappa shape index (κ2) is 7.08. The fourth-order valence-corrected chi connectivity index (χ4v) is 3.83. The topological polar surface area (TPSA) is 57.6 Å². The molecule has 0 saturated heterocycles. The summed E-state index contributed by atoms with van der Waals surface area (Å²) in [6.45, 7) is 0.358. The minimum atomic E-state index is -0.929. The van der Waals surface area contributed by atoms with Crippen LogP contribution in [0.4, 0.5) is 0 Å². The van der Waals surface area contributed by atoms with Crippen LogP contribution in [0.2, 0.25) is 0 Å². The van der Waals surface area contributed by atoms with Crippen LogP contribution in [0.1, 0.15) is 39.0 Å². The van der Waals surface area contributed by atoms with Gasteiger partial charge in [-0.25, -0.2) is 0 Å². The Kier molecular flexibility index (Phi) is 4.47. The molecular weight excluding hydrogens is 338 g/mol. The van der Waals surface area contributed by atoms with Gasteiger partial charge in [-0.05, 0) is 22.8 Å². The van der Waals surface area contributed by atoms with Crippen LogP contribution in [-0.4, -0.2) is 21.9 Å². The molecule has 1 heterocycles. The molecule has 1 N–H and O–H groups in total. The zero-order chi connectivity index (χ0) is 18.8. The Bertz CT molecular complexity index is 969. The Balaban J connectivity index is 1.88. The molecule has 1 amide bonds. The van der Waals surface area contributed by atoms with E-state index in [2.05, 4.69) is 0 Å². The van der Waals surface area contributed by atoms with Crippen LogP contribution in [0.15, 0.2) is 84.9 Å². The zero-order valence-corrected chi connectivity index (χ0v) is 14.7. The molecule has 134 valence electrons. The summed E-state index contributed by atoms with van der Waals surface area (Å²) in [5, 5.41) is 10.0. The molecule has 0 fully saturated rings. The molecule has 2 atom stereocenters. The number of carbonyl (C=O) groups is 2. The van der Waals surface area contributed by atoms with Crippen molar-refractivity contribution in [2.45, 2.75) is 18.5 Å². The van der Waals surface area contributed by atoms with Gasteiger partial charge >= 0.3 is 5.97 Å². The van der Waals surface area contributed by atoms with Crippen LogP contribution in [-0.2, 0) is 11.3 Å². The van der Waals surface area contributed by atoms with Gasteiger partial charge in [0.1, 0.15) is 5.92 Å². The summed E-state index contributed by atoms with van der Waals surface area (Å²) in [6, 6.07) is 25.5. The second-order valence-corrected chi connectivity index (χ2v) is 6.68. The lowest BCUT2D eigenvalue weighted by Crippen LogP contribution is -2.44. The van der Waals surface area contributed by atoms with Gasteiger partial charge in [-0.2, -0.15) is 0 Å². The fourth-order valence-electron chi connectivity index (χ4n) is 3.83. The van der Waals surface area contributed by atoms with Gasteiger partial charge in [0.2, 0.25) is 0 Å². The van der Waals surface area contributed by atoms with Crippen molar-refractivity contribution in [3.63, 3.8) is 0 Å². The molecule has 0 saturated carbocycles. The molecule has 1 aliphatic heterocycles. The lowest BCUT2D eigenvalue weighted by atomic mass is 9.79. The molecule has 3 aromatic rings. The van der Waals surface area contributed by atoms with Crippen molar-refractivity contribution in [1.82, 2.24) is 4.90 Å². The summed E-state index contributed by atoms with van der Waals surface area (Å²) >= 11 is 0. The van der Waals surface area contributed by atoms with Crippen molar-refractivity contribution in [3.05, 3.63) is 107 Å². The van der Waals surface area contributed by atoms with E-state index in [0.29, 0.717) is 17.7 Å². The summed E-state index contributed by atoms with van der Waals surface area (Å²) in [5.41, 5.74) is 2.83. The summed E-state index contributed by atoms with van der Waals surface area (Å²) in [6.07, 6.45) is 0. The predicted molar refractivity (Wildman–Crippen MR) is 102 cm³/mol. The van der Waals surface area contributed by atoms with E-state index in [4.69, 9.17) is 0 Å². The van der Waals surface area contributed by atoms with Crippen LogP contribution in [0.25, 0.3) is 0 Å². The van der Waals surface area contributed by atoms with Gasteiger partial charge in [-0.15, -0.1) is 0 Å². The molecule has 0 spiro atoms. The smallest absolute Gasteiger partial charge is 0.313 e. The maximum absolute atomic E-state index is 13.3. The number of carboxylic acids is 1. The molecule has 1 aliphatic rings. The highest BCUT2D eigenvalue weighted by atomic mass is 16.4. The van der Waals surface area contributed by atoms with Crippen molar-refractivity contribution in [2.75, 3.05) is 0 Å². The lowest BCUT2D eigenvalue weighted by Gasteiger charge is -2.41. The van der Waals surface area contributed by atoms with Gasteiger partial charge < -0.3 is 10.0 Å². The first-order valence-corrected chi connectivity index (χ1v) is 8.88. The number of amides is 1. The molecule has 0 bridgehead atoms. The number of aliphatic carboxylic acids is 1. The van der Waals surface area contributed by atoms with E-state index in [-0.39, 0.29) is 5.91 Å². The molecule has 27 heavy (non-hydrogen) atoms. The number of fused-ring (bicyclic) bond motifs is 1. The summed E-state index contributed by atoms with van der Waals surface area (Å²) < 4.78 is 0. The van der Waals surface area contributed by atoms with Gasteiger partial charge in [-0.1, -0.05) is 78.9 Å². The van der Waals surface area contributed by atoms with E-state index in [9.17, 15) is 14.7 Å². The average Bonchev–Trinajstić information content (AvgIpc) is 2.71. The second-order valence-electron chi connectivity index (χ2n) is 6.68. The standard InChI is InChI=1S/C23H19NO3/c25-22-19-14-8-7-13-18(19)20(23(26)27)21(17-11-5-2-6-12-17)24(22)15-16-9-3-1-4-10-16/h1-14,20-21H,15H2,(H,26,27)/t20-,21+/m0/s1. The Morgan fingerprint density at radius 2 is 1.44 bits per heavy atom. The first kappa shape index (κ1) is 17.0. The van der Waals surface area contributed by atoms with Gasteiger partial charge in [0.15, 0.2) is 0 Å². The highest BCUT2D eigenvalue weighted by Gasteiger charge is 2.44. The van der Waals surface area contributed by atoms with Crippen molar-refractivity contribution in [3.8, 4) is 0 Å². The Labute approximate surface area is 157 Å². The molecule has 0 aliphatic carbocycles. The fraction of sp³-hybridized carbons (Fsp3) is 0.130. The Hall–Kier alpha value is -3.40. The largest absolute Gasteiger partial charge is 0.481 e. The third kappa shape index (κ3) is 3.10. The van der Waals surface area contributed by atoms with Crippen LogP contribution in [0.5, 0.6) is 0 Å². The average molecular weight is 357 g/mol. The quantitative estimate of drug-likeness (QED) is 0.759. The molecule has 4 rings (SSSR count). The normalized spacial score (nSPS) is 18.8. The summed E-state index contributed by atoms with van der Waals surface area (Å²) in [4.78, 5) is 27.3. The van der Waals surface area contributed by atoms with Gasteiger partial charge in [0, 0.05) is 12.1 Å². The third-order valence-electron chi connectivity index (χ3n) is 5.04. The molecule has 3 aromatic carbocycles. The van der Waals surface area contributed by atoms with Crippen LogP contribution >= 0.6 is 0 Å². The van der Waals surface area contributed by atoms with Crippen molar-refractivity contribution in [1.29, 1.82) is 0 Å². The minimum Gasteiger partial charge on any atom is -0.481 e. The molecule has 4 nitrogen and oxygen atoms in total. The first-order chi connectivity index (χ1) is 13.2. The monoisotopic (exact) mass is 357 g/mol. The Morgan fingerprint density at radius 3 is 2.11 bits per heavy atom. The van der Waals surface area contributed by atoms with Gasteiger partial charge in [0.05, 0.1) is 6.04 Å². The maximum atomic E-state index is 13.3. The van der Waals surface area contributed by atoms with E-state index in [1.54, 1.807) is 29.2 Å². The van der Waals surface area contributed by atoms with Crippen molar-refractivity contribution < 1.29 is 14.7 Å². The zero-order valence-electron chi connectivity index (χ0n) is 14.7. The summed E-state index contributed by atoms with van der Waals surface area (Å²) in [5.74, 6) is -1.88. The SMILES string of the molecule is O=C(O)[C@H]1c2ccccc2C(=O)N(Cc2ccccc2)[C@@H]1c1ccccc1. The number of hydrogen-bond acceptors (Lipinski definition) is 2. The third-order valence-corrected chi connectivity index (χ3v) is 5.04. The van der Waals surface area contributed by atoms with Gasteiger partial charge in [0.25, 0.3) is 5.91 Å². The van der Waals surface area contributed by atoms with Crippen molar-refractivity contribution in [2.24, 2.45) is 0 Å². The Morgan fingerprint density at radius 1 is 0.852 bits per heavy atom. The highest BCUT2D eigenvalue weighted by molar-refractivity contribution is 6.00. The molecule has 0 unspecified atom stereocenters. The highest BCUT2D eigenvalue weighted by Crippen LogP contribution is 2.43. The minimum absolute atomic E-state index is 0.138. The molecular formula is C23H19NO3. The number of rotatable bonds is 4. The van der Waals surface area contributed by atoms with E-state index < -0.39 is 17.9 Å². The lowest BCUT2D eigenvalue weighted by molar-refractivity contribution is -0.140. The van der Waals surface area contributed by atoms with E-state index >= 15 is 0 Å². The first-order valence-electron chi connectivity index (χ1n) is 8.88. The van der Waals surface area contributed by atoms with Crippen LogP contribution < -0.4 is 0 Å².